The van der Waals surface area contributed by atoms with Crippen LogP contribution in [0.5, 0.6) is 0 Å². The lowest BCUT2D eigenvalue weighted by atomic mass is 9.99. The topological polar surface area (TPSA) is 67.9 Å². The minimum Gasteiger partial charge on any atom is -0.448 e. The Hall–Kier alpha value is -1.90. The summed E-state index contributed by atoms with van der Waals surface area (Å²) in [6, 6.07) is 0. The zero-order valence-corrected chi connectivity index (χ0v) is 13.8. The van der Waals surface area contributed by atoms with Crippen molar-refractivity contribution in [3.63, 3.8) is 0 Å². The summed E-state index contributed by atoms with van der Waals surface area (Å²) in [5, 5.41) is 0.913. The number of terminal acetylenes is 1. The maximum absolute atomic E-state index is 11.9. The maximum Gasteiger partial charge on any atom is 0.429 e. The van der Waals surface area contributed by atoms with Crippen LogP contribution in [0, 0.1) is 23.2 Å². The number of ether oxygens (including phenoxy) is 2. The standard InChI is InChI=1S/C15H26N2O4/c1-8-9-17(13(19)21-11-15(5,6)7)16-12(18)20-10-14(2,3)4/h1H,9-11H2,2-7H3,(H,16,18). The largest absolute Gasteiger partial charge is 0.448 e. The van der Waals surface area contributed by atoms with Gasteiger partial charge in [-0.1, -0.05) is 47.5 Å². The first kappa shape index (κ1) is 19.1. The van der Waals surface area contributed by atoms with Gasteiger partial charge in [0.15, 0.2) is 0 Å². The second-order valence-electron chi connectivity index (χ2n) is 7.15. The van der Waals surface area contributed by atoms with Crippen LogP contribution in [0.2, 0.25) is 0 Å². The molecule has 0 aromatic heterocycles. The summed E-state index contributed by atoms with van der Waals surface area (Å²) in [6.07, 6.45) is 3.72. The van der Waals surface area contributed by atoms with Gasteiger partial charge >= 0.3 is 12.2 Å². The summed E-state index contributed by atoms with van der Waals surface area (Å²) in [6.45, 7) is 11.9. The van der Waals surface area contributed by atoms with Gasteiger partial charge in [-0.2, -0.15) is 0 Å². The number of carbonyl (C=O) groups is 2. The quantitative estimate of drug-likeness (QED) is 0.642. The molecule has 0 heterocycles. The maximum atomic E-state index is 11.9. The number of amides is 2. The van der Waals surface area contributed by atoms with Crippen LogP contribution in [-0.4, -0.2) is 37.0 Å². The molecule has 0 spiro atoms. The van der Waals surface area contributed by atoms with E-state index in [4.69, 9.17) is 15.9 Å². The summed E-state index contributed by atoms with van der Waals surface area (Å²) in [4.78, 5) is 23.5. The Bertz CT molecular complexity index is 399. The molecule has 21 heavy (non-hydrogen) atoms. The van der Waals surface area contributed by atoms with E-state index in [0.717, 1.165) is 5.01 Å². The molecule has 0 aromatic carbocycles. The number of nitrogens with zero attached hydrogens (tertiary/aromatic N) is 1. The first-order valence-corrected chi connectivity index (χ1v) is 6.76. The number of hydrogen-bond acceptors (Lipinski definition) is 4. The normalized spacial score (nSPS) is 11.3. The van der Waals surface area contributed by atoms with Gasteiger partial charge in [0.05, 0.1) is 13.2 Å². The van der Waals surface area contributed by atoms with Crippen molar-refractivity contribution in [1.29, 1.82) is 0 Å². The average molecular weight is 298 g/mol. The third-order valence-corrected chi connectivity index (χ3v) is 1.96. The summed E-state index contributed by atoms with van der Waals surface area (Å²) in [5.41, 5.74) is 1.94. The van der Waals surface area contributed by atoms with E-state index < -0.39 is 12.2 Å². The predicted molar refractivity (Wildman–Crippen MR) is 80.3 cm³/mol. The third kappa shape index (κ3) is 10.5. The first-order valence-electron chi connectivity index (χ1n) is 6.76. The van der Waals surface area contributed by atoms with Crippen molar-refractivity contribution >= 4 is 12.2 Å². The number of rotatable bonds is 3. The number of carbonyl (C=O) groups excluding carboxylic acids is 2. The molecular formula is C15H26N2O4. The van der Waals surface area contributed by atoms with Gasteiger partial charge in [0.25, 0.3) is 0 Å². The Balaban J connectivity index is 4.45. The third-order valence-electron chi connectivity index (χ3n) is 1.96. The first-order chi connectivity index (χ1) is 9.44. The molecule has 0 unspecified atom stereocenters. The summed E-state index contributed by atoms with van der Waals surface area (Å²) in [7, 11) is 0. The number of hydrogen-bond donors (Lipinski definition) is 1. The fourth-order valence-electron chi connectivity index (χ4n) is 1.02. The Kier molecular flexibility index (Phi) is 7.07. The van der Waals surface area contributed by atoms with Crippen molar-refractivity contribution in [2.45, 2.75) is 41.5 Å². The van der Waals surface area contributed by atoms with Crippen LogP contribution >= 0.6 is 0 Å². The van der Waals surface area contributed by atoms with Crippen molar-refractivity contribution in [2.75, 3.05) is 19.8 Å². The second-order valence-corrected chi connectivity index (χ2v) is 7.15. The van der Waals surface area contributed by atoms with Crippen LogP contribution in [0.25, 0.3) is 0 Å². The fourth-order valence-corrected chi connectivity index (χ4v) is 1.02. The van der Waals surface area contributed by atoms with Crippen LogP contribution in [0.15, 0.2) is 0 Å². The highest BCUT2D eigenvalue weighted by molar-refractivity contribution is 5.74. The molecule has 6 heteroatoms. The van der Waals surface area contributed by atoms with Crippen LogP contribution in [-0.2, 0) is 9.47 Å². The molecule has 2 amide bonds. The number of nitrogens with one attached hydrogen (secondary N) is 1. The molecule has 0 bridgehead atoms. The minimum absolute atomic E-state index is 0.104. The van der Waals surface area contributed by atoms with Gasteiger partial charge in [0.2, 0.25) is 0 Å². The Morgan fingerprint density at radius 3 is 1.95 bits per heavy atom. The predicted octanol–water partition coefficient (Wildman–Crippen LogP) is 2.79. The molecule has 0 radical (unpaired) electrons. The molecular weight excluding hydrogens is 272 g/mol. The zero-order chi connectivity index (χ0) is 16.7. The van der Waals surface area contributed by atoms with Gasteiger partial charge in [-0.25, -0.2) is 20.0 Å². The highest BCUT2D eigenvalue weighted by Gasteiger charge is 2.21. The lowest BCUT2D eigenvalue weighted by molar-refractivity contribution is 0.0497. The van der Waals surface area contributed by atoms with E-state index in [1.54, 1.807) is 0 Å². The van der Waals surface area contributed by atoms with E-state index in [1.807, 2.05) is 41.5 Å². The lowest BCUT2D eigenvalue weighted by Gasteiger charge is -2.24. The Labute approximate surface area is 127 Å². The Morgan fingerprint density at radius 1 is 1.05 bits per heavy atom. The second kappa shape index (κ2) is 7.77. The molecule has 0 fully saturated rings. The molecule has 1 N–H and O–H groups in total. The average Bonchev–Trinajstić information content (AvgIpc) is 2.31. The van der Waals surface area contributed by atoms with Gasteiger partial charge < -0.3 is 9.47 Å². The van der Waals surface area contributed by atoms with Crippen LogP contribution in [0.1, 0.15) is 41.5 Å². The van der Waals surface area contributed by atoms with E-state index >= 15 is 0 Å². The highest BCUT2D eigenvalue weighted by atomic mass is 16.6. The van der Waals surface area contributed by atoms with Gasteiger partial charge in [0, 0.05) is 0 Å². The molecule has 0 saturated carbocycles. The van der Waals surface area contributed by atoms with E-state index in [-0.39, 0.29) is 30.6 Å². The SMILES string of the molecule is C#CCN(NC(=O)OCC(C)(C)C)C(=O)OCC(C)(C)C. The number of hydrazine groups is 1. The summed E-state index contributed by atoms with van der Waals surface area (Å²) in [5.74, 6) is 2.28. The van der Waals surface area contributed by atoms with E-state index in [1.165, 1.54) is 0 Å². The molecule has 6 nitrogen and oxygen atoms in total. The van der Waals surface area contributed by atoms with Crippen LogP contribution < -0.4 is 5.43 Å². The fraction of sp³-hybridized carbons (Fsp3) is 0.733. The zero-order valence-electron chi connectivity index (χ0n) is 13.8. The van der Waals surface area contributed by atoms with Gasteiger partial charge in [-0.15, -0.1) is 6.42 Å². The lowest BCUT2D eigenvalue weighted by Crippen LogP contribution is -2.47. The van der Waals surface area contributed by atoms with Gasteiger partial charge in [0.1, 0.15) is 6.54 Å². The summed E-state index contributed by atoms with van der Waals surface area (Å²) >= 11 is 0. The van der Waals surface area contributed by atoms with E-state index in [2.05, 4.69) is 11.3 Å². The van der Waals surface area contributed by atoms with Crippen molar-refractivity contribution in [3.05, 3.63) is 0 Å². The summed E-state index contributed by atoms with van der Waals surface area (Å²) < 4.78 is 10.1. The molecule has 0 aromatic rings. The highest BCUT2D eigenvalue weighted by Crippen LogP contribution is 2.14. The monoisotopic (exact) mass is 298 g/mol. The van der Waals surface area contributed by atoms with Crippen molar-refractivity contribution in [2.24, 2.45) is 10.8 Å². The molecule has 0 aliphatic heterocycles. The van der Waals surface area contributed by atoms with E-state index in [0.29, 0.717) is 0 Å². The smallest absolute Gasteiger partial charge is 0.429 e. The van der Waals surface area contributed by atoms with Crippen molar-refractivity contribution in [1.82, 2.24) is 10.4 Å². The van der Waals surface area contributed by atoms with Gasteiger partial charge in [-0.3, -0.25) is 0 Å². The van der Waals surface area contributed by atoms with Crippen LogP contribution in [0.4, 0.5) is 9.59 Å². The minimum atomic E-state index is -0.743. The van der Waals surface area contributed by atoms with E-state index in [9.17, 15) is 9.59 Å². The van der Waals surface area contributed by atoms with Crippen molar-refractivity contribution in [3.8, 4) is 12.3 Å². The van der Waals surface area contributed by atoms with Crippen LogP contribution in [0.3, 0.4) is 0 Å². The van der Waals surface area contributed by atoms with Gasteiger partial charge in [-0.05, 0) is 10.8 Å². The molecule has 0 aliphatic carbocycles. The Morgan fingerprint density at radius 2 is 1.52 bits per heavy atom. The molecule has 120 valence electrons. The molecule has 0 atom stereocenters. The molecule has 0 saturated heterocycles. The van der Waals surface area contributed by atoms with Crippen molar-refractivity contribution < 1.29 is 19.1 Å². The molecule has 0 aliphatic rings. The molecule has 0 rings (SSSR count).